The van der Waals surface area contributed by atoms with Crippen molar-refractivity contribution >= 4 is 0 Å². The van der Waals surface area contributed by atoms with Gasteiger partial charge in [-0.15, -0.1) is 0 Å². The minimum atomic E-state index is -0.715. The van der Waals surface area contributed by atoms with E-state index in [1.165, 1.54) is 11.0 Å². The van der Waals surface area contributed by atoms with Crippen molar-refractivity contribution in [3.05, 3.63) is 29.6 Å². The number of nitrogens with zero attached hydrogens (tertiary/aromatic N) is 5. The fourth-order valence-corrected chi connectivity index (χ4v) is 1.46. The molecule has 0 aliphatic rings. The summed E-state index contributed by atoms with van der Waals surface area (Å²) < 4.78 is 15.3. The van der Waals surface area contributed by atoms with E-state index in [1.807, 2.05) is 0 Å². The van der Waals surface area contributed by atoms with Crippen molar-refractivity contribution < 1.29 is 4.39 Å². The number of hydrogen-bond donors (Lipinski definition) is 0. The van der Waals surface area contributed by atoms with Gasteiger partial charge in [-0.2, -0.15) is 10.4 Å². The number of rotatable bonds is 1. The molecule has 0 unspecified atom stereocenters. The molecule has 5 nitrogen and oxygen atoms in total. The highest BCUT2D eigenvalue weighted by Crippen LogP contribution is 2.21. The lowest BCUT2D eigenvalue weighted by molar-refractivity contribution is 0.609. The first-order chi connectivity index (χ1) is 7.63. The zero-order valence-electron chi connectivity index (χ0n) is 8.77. The molecule has 0 N–H and O–H groups in total. The van der Waals surface area contributed by atoms with Crippen molar-refractivity contribution in [2.75, 3.05) is 0 Å². The standard InChI is InChI=1S/C10H8FN5/c1-6-3-8(16(2)15-6)10-9(11)7(4-12)13-5-14-10/h3,5H,1-2H3. The van der Waals surface area contributed by atoms with Gasteiger partial charge in [0.2, 0.25) is 0 Å². The molecule has 6 heteroatoms. The lowest BCUT2D eigenvalue weighted by atomic mass is 10.2. The molecule has 80 valence electrons. The zero-order valence-corrected chi connectivity index (χ0v) is 8.77. The highest BCUT2D eigenvalue weighted by atomic mass is 19.1. The second-order valence-corrected chi connectivity index (χ2v) is 3.29. The molecule has 2 rings (SSSR count). The van der Waals surface area contributed by atoms with Gasteiger partial charge < -0.3 is 0 Å². The Kier molecular flexibility index (Phi) is 2.37. The first kappa shape index (κ1) is 10.2. The summed E-state index contributed by atoms with van der Waals surface area (Å²) in [7, 11) is 1.69. The molecule has 0 aliphatic carbocycles. The van der Waals surface area contributed by atoms with Crippen LogP contribution in [-0.2, 0) is 7.05 Å². The molecule has 0 bridgehead atoms. The molecule has 0 saturated carbocycles. The Bertz CT molecular complexity index is 581. The molecule has 2 heterocycles. The molecule has 0 amide bonds. The second kappa shape index (κ2) is 3.70. The highest BCUT2D eigenvalue weighted by Gasteiger charge is 2.15. The maximum absolute atomic E-state index is 13.8. The molecule has 0 fully saturated rings. The van der Waals surface area contributed by atoms with Gasteiger partial charge in [-0.3, -0.25) is 4.68 Å². The van der Waals surface area contributed by atoms with Gasteiger partial charge in [-0.25, -0.2) is 14.4 Å². The molecule has 2 aromatic rings. The topological polar surface area (TPSA) is 67.4 Å². The molecule has 0 aliphatic heterocycles. The van der Waals surface area contributed by atoms with Crippen molar-refractivity contribution in [2.24, 2.45) is 7.05 Å². The predicted octanol–water partition coefficient (Wildman–Crippen LogP) is 1.20. The van der Waals surface area contributed by atoms with E-state index < -0.39 is 5.82 Å². The van der Waals surface area contributed by atoms with Crippen LogP contribution in [0.3, 0.4) is 0 Å². The lowest BCUT2D eigenvalue weighted by Crippen LogP contribution is -2.01. The maximum Gasteiger partial charge on any atom is 0.187 e. The molecule has 0 atom stereocenters. The summed E-state index contributed by atoms with van der Waals surface area (Å²) in [5, 5.41) is 12.8. The number of aryl methyl sites for hydroxylation is 2. The van der Waals surface area contributed by atoms with Crippen molar-refractivity contribution in [3.63, 3.8) is 0 Å². The van der Waals surface area contributed by atoms with Crippen LogP contribution in [-0.4, -0.2) is 19.7 Å². The second-order valence-electron chi connectivity index (χ2n) is 3.29. The van der Waals surface area contributed by atoms with Gasteiger partial charge in [-0.05, 0) is 13.0 Å². The monoisotopic (exact) mass is 217 g/mol. The molecule has 2 aromatic heterocycles. The quantitative estimate of drug-likeness (QED) is 0.719. The Morgan fingerprint density at radius 3 is 2.75 bits per heavy atom. The third-order valence-electron chi connectivity index (χ3n) is 2.14. The minimum Gasteiger partial charge on any atom is -0.266 e. The van der Waals surface area contributed by atoms with Crippen LogP contribution in [0.1, 0.15) is 11.4 Å². The molecule has 0 saturated heterocycles. The Balaban J connectivity index is 2.66. The SMILES string of the molecule is Cc1cc(-c2ncnc(C#N)c2F)n(C)n1. The lowest BCUT2D eigenvalue weighted by Gasteiger charge is -2.02. The van der Waals surface area contributed by atoms with Crippen molar-refractivity contribution in [3.8, 4) is 17.5 Å². The van der Waals surface area contributed by atoms with Crippen molar-refractivity contribution in [1.82, 2.24) is 19.7 Å². The Morgan fingerprint density at radius 2 is 2.19 bits per heavy atom. The van der Waals surface area contributed by atoms with Gasteiger partial charge in [0.05, 0.1) is 11.4 Å². The smallest absolute Gasteiger partial charge is 0.187 e. The van der Waals surface area contributed by atoms with E-state index in [-0.39, 0.29) is 11.4 Å². The number of aromatic nitrogens is 4. The normalized spacial score (nSPS) is 10.1. The van der Waals surface area contributed by atoms with Crippen LogP contribution in [0.4, 0.5) is 4.39 Å². The Hall–Kier alpha value is -2.29. The molecule has 16 heavy (non-hydrogen) atoms. The summed E-state index contributed by atoms with van der Waals surface area (Å²) in [5.74, 6) is -0.715. The first-order valence-electron chi connectivity index (χ1n) is 4.55. The third-order valence-corrected chi connectivity index (χ3v) is 2.14. The van der Waals surface area contributed by atoms with E-state index in [0.717, 1.165) is 5.69 Å². The van der Waals surface area contributed by atoms with Gasteiger partial charge in [-0.1, -0.05) is 0 Å². The van der Waals surface area contributed by atoms with E-state index >= 15 is 0 Å². The van der Waals surface area contributed by atoms with Gasteiger partial charge in [0.15, 0.2) is 11.5 Å². The predicted molar refractivity (Wildman–Crippen MR) is 53.6 cm³/mol. The van der Waals surface area contributed by atoms with Crippen LogP contribution >= 0.6 is 0 Å². The zero-order chi connectivity index (χ0) is 11.7. The van der Waals surface area contributed by atoms with E-state index in [2.05, 4.69) is 15.1 Å². The third kappa shape index (κ3) is 1.52. The van der Waals surface area contributed by atoms with E-state index in [1.54, 1.807) is 26.1 Å². The fraction of sp³-hybridized carbons (Fsp3) is 0.200. The average molecular weight is 217 g/mol. The van der Waals surface area contributed by atoms with Gasteiger partial charge in [0.25, 0.3) is 0 Å². The van der Waals surface area contributed by atoms with Crippen molar-refractivity contribution in [2.45, 2.75) is 6.92 Å². The number of nitriles is 1. The average Bonchev–Trinajstić information content (AvgIpc) is 2.58. The van der Waals surface area contributed by atoms with Crippen LogP contribution in [0.5, 0.6) is 0 Å². The largest absolute Gasteiger partial charge is 0.266 e. The summed E-state index contributed by atoms with van der Waals surface area (Å²) in [4.78, 5) is 7.38. The summed E-state index contributed by atoms with van der Waals surface area (Å²) in [6, 6.07) is 3.38. The fourth-order valence-electron chi connectivity index (χ4n) is 1.46. The van der Waals surface area contributed by atoms with Crippen LogP contribution < -0.4 is 0 Å². The Labute approximate surface area is 91.2 Å². The molecule has 0 spiro atoms. The summed E-state index contributed by atoms with van der Waals surface area (Å²) >= 11 is 0. The van der Waals surface area contributed by atoms with E-state index in [4.69, 9.17) is 5.26 Å². The van der Waals surface area contributed by atoms with Crippen LogP contribution in [0.2, 0.25) is 0 Å². The molecule has 0 radical (unpaired) electrons. The minimum absolute atomic E-state index is 0.0923. The van der Waals surface area contributed by atoms with Gasteiger partial charge >= 0.3 is 0 Å². The highest BCUT2D eigenvalue weighted by molar-refractivity contribution is 5.57. The first-order valence-corrected chi connectivity index (χ1v) is 4.55. The van der Waals surface area contributed by atoms with Crippen LogP contribution in [0.25, 0.3) is 11.4 Å². The molecular formula is C10H8FN5. The van der Waals surface area contributed by atoms with E-state index in [0.29, 0.717) is 5.69 Å². The van der Waals surface area contributed by atoms with Crippen LogP contribution in [0, 0.1) is 24.1 Å². The molecular weight excluding hydrogens is 209 g/mol. The van der Waals surface area contributed by atoms with E-state index in [9.17, 15) is 4.39 Å². The van der Waals surface area contributed by atoms with Gasteiger partial charge in [0, 0.05) is 7.05 Å². The summed E-state index contributed by atoms with van der Waals surface area (Å²) in [5.41, 5.74) is 1.11. The molecule has 0 aromatic carbocycles. The number of halogens is 1. The maximum atomic E-state index is 13.8. The summed E-state index contributed by atoms with van der Waals surface area (Å²) in [6.45, 7) is 1.80. The van der Waals surface area contributed by atoms with Crippen molar-refractivity contribution in [1.29, 1.82) is 5.26 Å². The van der Waals surface area contributed by atoms with Gasteiger partial charge in [0.1, 0.15) is 18.1 Å². The Morgan fingerprint density at radius 1 is 1.44 bits per heavy atom. The summed E-state index contributed by atoms with van der Waals surface area (Å²) in [6.07, 6.45) is 1.17. The number of hydrogen-bond acceptors (Lipinski definition) is 4. The van der Waals surface area contributed by atoms with Crippen LogP contribution in [0.15, 0.2) is 12.4 Å².